The zero-order valence-corrected chi connectivity index (χ0v) is 12.6. The lowest BCUT2D eigenvalue weighted by Crippen LogP contribution is -2.15. The molecule has 0 spiro atoms. The molecule has 0 saturated carbocycles. The molecular weight excluding hydrogens is 272 g/mol. The van der Waals surface area contributed by atoms with Gasteiger partial charge in [-0.25, -0.2) is 13.4 Å². The van der Waals surface area contributed by atoms with Gasteiger partial charge in [0.2, 0.25) is 0 Å². The smallest absolute Gasteiger partial charge is 0.263 e. The molecule has 106 valence electrons. The first kappa shape index (κ1) is 14.5. The first-order valence-electron chi connectivity index (χ1n) is 6.44. The molecule has 0 bridgehead atoms. The normalized spacial score (nSPS) is 11.6. The van der Waals surface area contributed by atoms with Crippen molar-refractivity contribution in [1.29, 1.82) is 0 Å². The SMILES string of the molecule is Cc1cccnc1NS(=O)(=O)c1cccc(C(C)C)c1. The van der Waals surface area contributed by atoms with Crippen LogP contribution < -0.4 is 4.72 Å². The Morgan fingerprint density at radius 2 is 1.90 bits per heavy atom. The first-order chi connectivity index (χ1) is 9.40. The van der Waals surface area contributed by atoms with Crippen LogP contribution in [0, 0.1) is 6.92 Å². The van der Waals surface area contributed by atoms with Crippen molar-refractivity contribution >= 4 is 15.8 Å². The van der Waals surface area contributed by atoms with Crippen molar-refractivity contribution in [1.82, 2.24) is 4.98 Å². The van der Waals surface area contributed by atoms with Gasteiger partial charge < -0.3 is 0 Å². The van der Waals surface area contributed by atoms with Crippen LogP contribution in [0.4, 0.5) is 5.82 Å². The fourth-order valence-corrected chi connectivity index (χ4v) is 2.95. The summed E-state index contributed by atoms with van der Waals surface area (Å²) in [5.74, 6) is 0.643. The van der Waals surface area contributed by atoms with Crippen LogP contribution in [0.15, 0.2) is 47.5 Å². The van der Waals surface area contributed by atoms with Gasteiger partial charge in [-0.3, -0.25) is 4.72 Å². The van der Waals surface area contributed by atoms with Crippen molar-refractivity contribution in [3.8, 4) is 0 Å². The molecule has 0 aliphatic rings. The van der Waals surface area contributed by atoms with E-state index in [-0.39, 0.29) is 10.8 Å². The third-order valence-corrected chi connectivity index (χ3v) is 4.41. The molecule has 1 heterocycles. The number of benzene rings is 1. The third kappa shape index (κ3) is 3.17. The number of aromatic nitrogens is 1. The van der Waals surface area contributed by atoms with Crippen molar-refractivity contribution in [3.63, 3.8) is 0 Å². The number of anilines is 1. The van der Waals surface area contributed by atoms with Gasteiger partial charge in [-0.1, -0.05) is 32.0 Å². The van der Waals surface area contributed by atoms with Gasteiger partial charge in [0.1, 0.15) is 5.82 Å². The predicted octanol–water partition coefficient (Wildman–Crippen LogP) is 3.31. The molecule has 2 aromatic rings. The van der Waals surface area contributed by atoms with Crippen LogP contribution in [-0.4, -0.2) is 13.4 Å². The molecule has 0 radical (unpaired) electrons. The highest BCUT2D eigenvalue weighted by molar-refractivity contribution is 7.92. The largest absolute Gasteiger partial charge is 0.263 e. The van der Waals surface area contributed by atoms with E-state index in [1.54, 1.807) is 30.5 Å². The molecule has 5 heteroatoms. The molecule has 4 nitrogen and oxygen atoms in total. The van der Waals surface area contributed by atoms with Crippen LogP contribution in [0.5, 0.6) is 0 Å². The van der Waals surface area contributed by atoms with Crippen molar-refractivity contribution in [2.45, 2.75) is 31.6 Å². The van der Waals surface area contributed by atoms with E-state index in [0.29, 0.717) is 5.82 Å². The molecule has 1 aromatic heterocycles. The van der Waals surface area contributed by atoms with Gasteiger partial charge in [0.05, 0.1) is 4.90 Å². The van der Waals surface area contributed by atoms with Gasteiger partial charge in [-0.05, 0) is 42.2 Å². The summed E-state index contributed by atoms with van der Waals surface area (Å²) in [7, 11) is -3.60. The minimum atomic E-state index is -3.60. The van der Waals surface area contributed by atoms with Crippen LogP contribution in [0.2, 0.25) is 0 Å². The summed E-state index contributed by atoms with van der Waals surface area (Å²) in [4.78, 5) is 4.31. The van der Waals surface area contributed by atoms with Crippen LogP contribution >= 0.6 is 0 Å². The average Bonchev–Trinajstić information content (AvgIpc) is 2.41. The highest BCUT2D eigenvalue weighted by atomic mass is 32.2. The van der Waals surface area contributed by atoms with E-state index >= 15 is 0 Å². The fraction of sp³-hybridized carbons (Fsp3) is 0.267. The number of nitrogens with one attached hydrogen (secondary N) is 1. The first-order valence-corrected chi connectivity index (χ1v) is 7.93. The molecule has 0 aliphatic carbocycles. The van der Waals surface area contributed by atoms with Crippen LogP contribution in [0.3, 0.4) is 0 Å². The zero-order valence-electron chi connectivity index (χ0n) is 11.8. The van der Waals surface area contributed by atoms with Gasteiger partial charge in [-0.2, -0.15) is 0 Å². The summed E-state index contributed by atoms with van der Waals surface area (Å²) in [6, 6.07) is 10.6. The van der Waals surface area contributed by atoms with Crippen molar-refractivity contribution < 1.29 is 8.42 Å². The summed E-state index contributed by atoms with van der Waals surface area (Å²) < 4.78 is 27.3. The van der Waals surface area contributed by atoms with Crippen LogP contribution in [0.1, 0.15) is 30.9 Å². The van der Waals surface area contributed by atoms with Gasteiger partial charge in [-0.15, -0.1) is 0 Å². The molecule has 0 unspecified atom stereocenters. The number of sulfonamides is 1. The van der Waals surface area contributed by atoms with E-state index in [1.807, 2.05) is 32.9 Å². The molecular formula is C15H18N2O2S. The highest BCUT2D eigenvalue weighted by Gasteiger charge is 2.16. The second-order valence-corrected chi connectivity index (χ2v) is 6.68. The molecule has 0 saturated heterocycles. The second-order valence-electron chi connectivity index (χ2n) is 5.00. The van der Waals surface area contributed by atoms with Gasteiger partial charge in [0, 0.05) is 6.20 Å². The van der Waals surface area contributed by atoms with Gasteiger partial charge in [0.25, 0.3) is 10.0 Å². The monoisotopic (exact) mass is 290 g/mol. The van der Waals surface area contributed by atoms with E-state index in [2.05, 4.69) is 9.71 Å². The maximum absolute atomic E-state index is 12.4. The summed E-state index contributed by atoms with van der Waals surface area (Å²) in [5.41, 5.74) is 1.78. The van der Waals surface area contributed by atoms with Gasteiger partial charge >= 0.3 is 0 Å². The highest BCUT2D eigenvalue weighted by Crippen LogP contribution is 2.21. The number of rotatable bonds is 4. The number of nitrogens with zero attached hydrogens (tertiary/aromatic N) is 1. The van der Waals surface area contributed by atoms with E-state index < -0.39 is 10.0 Å². The molecule has 1 aromatic carbocycles. The van der Waals surface area contributed by atoms with Gasteiger partial charge in [0.15, 0.2) is 0 Å². The lowest BCUT2D eigenvalue weighted by molar-refractivity contribution is 0.600. The fourth-order valence-electron chi connectivity index (χ4n) is 1.82. The quantitative estimate of drug-likeness (QED) is 0.939. The lowest BCUT2D eigenvalue weighted by Gasteiger charge is -2.11. The Morgan fingerprint density at radius 3 is 2.55 bits per heavy atom. The number of pyridine rings is 1. The Labute approximate surface area is 119 Å². The number of hydrogen-bond donors (Lipinski definition) is 1. The number of aryl methyl sites for hydroxylation is 1. The summed E-state index contributed by atoms with van der Waals surface area (Å²) in [6.07, 6.45) is 1.56. The Kier molecular flexibility index (Phi) is 4.09. The minimum Gasteiger partial charge on any atom is -0.263 e. The van der Waals surface area contributed by atoms with Crippen molar-refractivity contribution in [2.24, 2.45) is 0 Å². The van der Waals surface area contributed by atoms with E-state index in [0.717, 1.165) is 11.1 Å². The Morgan fingerprint density at radius 1 is 1.15 bits per heavy atom. The lowest BCUT2D eigenvalue weighted by atomic mass is 10.0. The third-order valence-electron chi connectivity index (χ3n) is 3.08. The van der Waals surface area contributed by atoms with Crippen LogP contribution in [-0.2, 0) is 10.0 Å². The summed E-state index contributed by atoms with van der Waals surface area (Å²) >= 11 is 0. The maximum atomic E-state index is 12.4. The predicted molar refractivity (Wildman–Crippen MR) is 80.3 cm³/mol. The summed E-state index contributed by atoms with van der Waals surface area (Å²) in [5, 5.41) is 0. The molecule has 0 fully saturated rings. The topological polar surface area (TPSA) is 59.1 Å². The zero-order chi connectivity index (χ0) is 14.8. The molecule has 2 rings (SSSR count). The standard InChI is InChI=1S/C15H18N2O2S/c1-11(2)13-7-4-8-14(10-13)20(18,19)17-15-12(3)6-5-9-16-15/h4-11H,1-3H3,(H,16,17). The molecule has 0 amide bonds. The van der Waals surface area contributed by atoms with E-state index in [1.165, 1.54) is 0 Å². The number of hydrogen-bond acceptors (Lipinski definition) is 3. The minimum absolute atomic E-state index is 0.258. The Hall–Kier alpha value is -1.88. The Bertz CT molecular complexity index is 709. The van der Waals surface area contributed by atoms with Crippen molar-refractivity contribution in [2.75, 3.05) is 4.72 Å². The second kappa shape index (κ2) is 5.63. The maximum Gasteiger partial charge on any atom is 0.263 e. The average molecular weight is 290 g/mol. The summed E-state index contributed by atoms with van der Waals surface area (Å²) in [6.45, 7) is 5.87. The Balaban J connectivity index is 2.36. The van der Waals surface area contributed by atoms with E-state index in [9.17, 15) is 8.42 Å². The molecule has 0 aliphatic heterocycles. The molecule has 0 atom stereocenters. The molecule has 1 N–H and O–H groups in total. The van der Waals surface area contributed by atoms with Crippen LogP contribution in [0.25, 0.3) is 0 Å². The van der Waals surface area contributed by atoms with E-state index in [4.69, 9.17) is 0 Å². The molecule has 20 heavy (non-hydrogen) atoms. The van der Waals surface area contributed by atoms with Crippen molar-refractivity contribution in [3.05, 3.63) is 53.7 Å².